The molecule has 0 saturated heterocycles. The minimum absolute atomic E-state index is 0.143. The van der Waals surface area contributed by atoms with Gasteiger partial charge in [-0.05, 0) is 58.8 Å². The van der Waals surface area contributed by atoms with Gasteiger partial charge in [0.1, 0.15) is 22.3 Å². The lowest BCUT2D eigenvalue weighted by Crippen LogP contribution is -2.10. The lowest BCUT2D eigenvalue weighted by Gasteiger charge is -2.27. The quantitative estimate of drug-likeness (QED) is 0.200. The van der Waals surface area contributed by atoms with E-state index in [0.29, 0.717) is 28.0 Å². The monoisotopic (exact) mass is 605 g/mol. The van der Waals surface area contributed by atoms with Gasteiger partial charge in [-0.2, -0.15) is 0 Å². The molecule has 47 heavy (non-hydrogen) atoms. The predicted molar refractivity (Wildman–Crippen MR) is 196 cm³/mol. The second-order valence-corrected chi connectivity index (χ2v) is 11.8. The SMILES string of the molecule is [2H]c1c([2H])c(N(c2cccc3ccccc23)c2cccc3oc4c5ccccc5ccc4c23)c([2H])c([2H])c1-c1cccc2c1oc1ccccc12. The highest BCUT2D eigenvalue weighted by Gasteiger charge is 2.22. The first-order chi connectivity index (χ1) is 25.0. The van der Waals surface area contributed by atoms with Crippen molar-refractivity contribution in [1.29, 1.82) is 0 Å². The van der Waals surface area contributed by atoms with E-state index in [1.807, 2.05) is 120 Å². The van der Waals surface area contributed by atoms with Crippen LogP contribution < -0.4 is 4.90 Å². The molecule has 0 spiro atoms. The molecule has 8 aromatic carbocycles. The van der Waals surface area contributed by atoms with Crippen molar-refractivity contribution in [3.05, 3.63) is 164 Å². The highest BCUT2D eigenvalue weighted by molar-refractivity contribution is 6.20. The third-order valence-electron chi connectivity index (χ3n) is 9.12. The van der Waals surface area contributed by atoms with E-state index in [4.69, 9.17) is 8.83 Å². The van der Waals surface area contributed by atoms with Crippen molar-refractivity contribution in [2.45, 2.75) is 0 Å². The highest BCUT2D eigenvalue weighted by Crippen LogP contribution is 2.46. The summed E-state index contributed by atoms with van der Waals surface area (Å²) in [4.78, 5) is 1.88. The fourth-order valence-electron chi connectivity index (χ4n) is 6.99. The van der Waals surface area contributed by atoms with E-state index in [2.05, 4.69) is 18.2 Å². The van der Waals surface area contributed by atoms with E-state index in [0.717, 1.165) is 54.4 Å². The Kier molecular flexibility index (Phi) is 4.78. The van der Waals surface area contributed by atoms with Crippen LogP contribution in [-0.2, 0) is 0 Å². The van der Waals surface area contributed by atoms with E-state index < -0.39 is 0 Å². The zero-order chi connectivity index (χ0) is 34.4. The molecule has 0 aliphatic carbocycles. The van der Waals surface area contributed by atoms with Crippen LogP contribution in [0, 0.1) is 0 Å². The third-order valence-corrected chi connectivity index (χ3v) is 9.12. The Morgan fingerprint density at radius 3 is 1.91 bits per heavy atom. The lowest BCUT2D eigenvalue weighted by molar-refractivity contribution is 0.670. The molecule has 3 nitrogen and oxygen atoms in total. The van der Waals surface area contributed by atoms with E-state index >= 15 is 0 Å². The number of hydrogen-bond acceptors (Lipinski definition) is 3. The summed E-state index contributed by atoms with van der Waals surface area (Å²) in [6.45, 7) is 0. The summed E-state index contributed by atoms with van der Waals surface area (Å²) in [6, 6.07) is 44.7. The first-order valence-corrected chi connectivity index (χ1v) is 15.6. The minimum atomic E-state index is -0.165. The number of nitrogens with zero attached hydrogens (tertiary/aromatic N) is 1. The molecule has 3 heteroatoms. The molecule has 0 amide bonds. The fraction of sp³-hybridized carbons (Fsp3) is 0. The van der Waals surface area contributed by atoms with Gasteiger partial charge in [0.15, 0.2) is 0 Å². The zero-order valence-electron chi connectivity index (χ0n) is 29.0. The summed E-state index contributed by atoms with van der Waals surface area (Å²) in [7, 11) is 0. The summed E-state index contributed by atoms with van der Waals surface area (Å²) in [5.41, 5.74) is 4.89. The Morgan fingerprint density at radius 2 is 1.04 bits per heavy atom. The van der Waals surface area contributed by atoms with Gasteiger partial charge in [-0.3, -0.25) is 0 Å². The number of fused-ring (bicyclic) bond motifs is 9. The molecule has 0 N–H and O–H groups in total. The Morgan fingerprint density at radius 1 is 0.426 bits per heavy atom. The Balaban J connectivity index is 1.30. The van der Waals surface area contributed by atoms with E-state index in [9.17, 15) is 5.48 Å². The molecule has 0 unspecified atom stereocenters. The normalized spacial score (nSPS) is 13.0. The van der Waals surface area contributed by atoms with Crippen LogP contribution in [0.3, 0.4) is 0 Å². The van der Waals surface area contributed by atoms with Crippen molar-refractivity contribution < 1.29 is 14.3 Å². The van der Waals surface area contributed by atoms with Crippen LogP contribution in [0.5, 0.6) is 0 Å². The molecule has 0 aliphatic heterocycles. The Bertz CT molecular complexity index is 3020. The summed E-state index contributed by atoms with van der Waals surface area (Å²) >= 11 is 0. The summed E-state index contributed by atoms with van der Waals surface area (Å²) in [5.74, 6) is 0. The molecule has 10 rings (SSSR count). The van der Waals surface area contributed by atoms with Gasteiger partial charge in [0.25, 0.3) is 0 Å². The molecule has 0 atom stereocenters. The van der Waals surface area contributed by atoms with Crippen LogP contribution in [0.25, 0.3) is 76.5 Å². The molecule has 2 aromatic heterocycles. The average Bonchev–Trinajstić information content (AvgIpc) is 3.75. The molecule has 0 fully saturated rings. The zero-order valence-corrected chi connectivity index (χ0v) is 25.0. The van der Waals surface area contributed by atoms with Crippen LogP contribution in [0.1, 0.15) is 5.48 Å². The van der Waals surface area contributed by atoms with Crippen LogP contribution in [0.2, 0.25) is 0 Å². The van der Waals surface area contributed by atoms with E-state index in [1.165, 1.54) is 0 Å². The van der Waals surface area contributed by atoms with Gasteiger partial charge in [-0.1, -0.05) is 121 Å². The average molecular weight is 606 g/mol. The number of anilines is 3. The van der Waals surface area contributed by atoms with Gasteiger partial charge in [-0.15, -0.1) is 0 Å². The van der Waals surface area contributed by atoms with E-state index in [1.54, 1.807) is 6.07 Å². The molecular formula is C44H27NO2. The molecule has 0 aliphatic rings. The molecular weight excluding hydrogens is 574 g/mol. The summed E-state index contributed by atoms with van der Waals surface area (Å²) in [5, 5.41) is 7.44. The van der Waals surface area contributed by atoms with Crippen molar-refractivity contribution in [3.63, 3.8) is 0 Å². The molecule has 0 saturated carbocycles. The number of para-hydroxylation sites is 2. The smallest absolute Gasteiger partial charge is 0.143 e. The fourth-order valence-corrected chi connectivity index (χ4v) is 6.99. The van der Waals surface area contributed by atoms with Gasteiger partial charge in [-0.25, -0.2) is 0 Å². The third kappa shape index (κ3) is 3.93. The number of rotatable bonds is 4. The van der Waals surface area contributed by atoms with Crippen molar-refractivity contribution >= 4 is 82.5 Å². The van der Waals surface area contributed by atoms with Crippen molar-refractivity contribution in [1.82, 2.24) is 0 Å². The topological polar surface area (TPSA) is 29.5 Å². The van der Waals surface area contributed by atoms with Crippen molar-refractivity contribution in [2.75, 3.05) is 4.90 Å². The molecule has 0 bridgehead atoms. The number of furan rings is 2. The summed E-state index contributed by atoms with van der Waals surface area (Å²) in [6.07, 6.45) is 0. The molecule has 220 valence electrons. The maximum atomic E-state index is 9.63. The molecule has 10 aromatic rings. The van der Waals surface area contributed by atoms with Crippen LogP contribution in [0.15, 0.2) is 173 Å². The lowest BCUT2D eigenvalue weighted by atomic mass is 10.0. The highest BCUT2D eigenvalue weighted by atomic mass is 16.3. The molecule has 2 heterocycles. The first-order valence-electron chi connectivity index (χ1n) is 17.6. The van der Waals surface area contributed by atoms with Gasteiger partial charge < -0.3 is 13.7 Å². The minimum Gasteiger partial charge on any atom is -0.455 e. The molecule has 0 radical (unpaired) electrons. The standard InChI is InChI=1S/C44H27NO2/c1-3-13-32-28(10-1)12-7-18-38(32)45(39-19-9-21-41-42(39)37-27-24-29-11-2-4-14-33(29)44(37)47-41)31-25-22-30(23-26-31)34-16-8-17-36-35-15-5-6-20-40(35)46-43(34)36/h1-27H/i22D,23D,25D,26D. The Hall–Kier alpha value is -6.32. The van der Waals surface area contributed by atoms with Crippen LogP contribution in [0.4, 0.5) is 17.1 Å². The van der Waals surface area contributed by atoms with Crippen LogP contribution in [-0.4, -0.2) is 0 Å². The van der Waals surface area contributed by atoms with E-state index in [-0.39, 0.29) is 35.4 Å². The first kappa shape index (κ1) is 22.2. The van der Waals surface area contributed by atoms with Gasteiger partial charge in [0.05, 0.1) is 22.2 Å². The maximum Gasteiger partial charge on any atom is 0.143 e. The second-order valence-electron chi connectivity index (χ2n) is 11.8. The van der Waals surface area contributed by atoms with Gasteiger partial charge in [0.2, 0.25) is 0 Å². The second kappa shape index (κ2) is 10.1. The van der Waals surface area contributed by atoms with Gasteiger partial charge >= 0.3 is 0 Å². The summed E-state index contributed by atoms with van der Waals surface area (Å²) < 4.78 is 51.1. The van der Waals surface area contributed by atoms with Crippen molar-refractivity contribution in [2.24, 2.45) is 0 Å². The van der Waals surface area contributed by atoms with Crippen molar-refractivity contribution in [3.8, 4) is 11.1 Å². The van der Waals surface area contributed by atoms with Gasteiger partial charge in [0, 0.05) is 38.2 Å². The maximum absolute atomic E-state index is 9.63. The largest absolute Gasteiger partial charge is 0.455 e. The predicted octanol–water partition coefficient (Wildman–Crippen LogP) is 12.9. The number of hydrogen-bond donors (Lipinski definition) is 0. The van der Waals surface area contributed by atoms with Crippen LogP contribution >= 0.6 is 0 Å². The Labute approximate surface area is 276 Å². The number of benzene rings is 8.